The molecule has 1 atom stereocenters. The van der Waals surface area contributed by atoms with Gasteiger partial charge in [-0.2, -0.15) is 4.98 Å². The summed E-state index contributed by atoms with van der Waals surface area (Å²) >= 11 is 1.58. The molecule has 94 valence electrons. The Hall–Kier alpha value is -1.11. The maximum atomic E-state index is 9.14. The molecule has 0 spiro atoms. The molecule has 0 radical (unpaired) electrons. The first-order valence-corrected chi connectivity index (χ1v) is 6.50. The number of nitrogens with zero attached hydrogens (tertiary/aromatic N) is 2. The van der Waals surface area contributed by atoms with Gasteiger partial charge in [0.15, 0.2) is 4.96 Å². The van der Waals surface area contributed by atoms with Crippen molar-refractivity contribution in [3.8, 4) is 5.88 Å². The third-order valence-corrected chi connectivity index (χ3v) is 3.55. The van der Waals surface area contributed by atoms with Gasteiger partial charge in [0.05, 0.1) is 13.7 Å². The lowest BCUT2D eigenvalue weighted by Crippen LogP contribution is -2.31. The summed E-state index contributed by atoms with van der Waals surface area (Å²) < 4.78 is 7.27. The molecular weight excluding hydrogens is 238 g/mol. The molecule has 2 aromatic rings. The molecular formula is C11H17N3O2S. The van der Waals surface area contributed by atoms with Crippen LogP contribution in [0.15, 0.2) is 11.6 Å². The third-order valence-electron chi connectivity index (χ3n) is 2.79. The number of hydrogen-bond donors (Lipinski definition) is 2. The molecule has 0 bridgehead atoms. The first-order chi connectivity index (χ1) is 8.30. The Bertz CT molecular complexity index is 476. The number of aliphatic hydroxyl groups excluding tert-OH is 1. The van der Waals surface area contributed by atoms with Gasteiger partial charge in [0.1, 0.15) is 5.69 Å². The molecule has 17 heavy (non-hydrogen) atoms. The number of imidazole rings is 1. The highest BCUT2D eigenvalue weighted by molar-refractivity contribution is 7.15. The van der Waals surface area contributed by atoms with Crippen LogP contribution in [0.4, 0.5) is 0 Å². The summed E-state index contributed by atoms with van der Waals surface area (Å²) in [5, 5.41) is 14.4. The van der Waals surface area contributed by atoms with Gasteiger partial charge in [-0.3, -0.25) is 4.40 Å². The molecule has 0 aliphatic carbocycles. The lowest BCUT2D eigenvalue weighted by atomic mass is 10.2. The Balaban J connectivity index is 2.18. The van der Waals surface area contributed by atoms with Gasteiger partial charge < -0.3 is 15.2 Å². The number of ether oxygens (including phenoxy) is 1. The van der Waals surface area contributed by atoms with E-state index in [1.54, 1.807) is 18.4 Å². The molecule has 0 aliphatic rings. The van der Waals surface area contributed by atoms with E-state index in [1.165, 1.54) is 0 Å². The highest BCUT2D eigenvalue weighted by atomic mass is 32.1. The summed E-state index contributed by atoms with van der Waals surface area (Å²) in [6, 6.07) is 0.115. The molecule has 2 heterocycles. The van der Waals surface area contributed by atoms with Crippen LogP contribution in [0.3, 0.4) is 0 Å². The first kappa shape index (κ1) is 12.3. The van der Waals surface area contributed by atoms with Crippen molar-refractivity contribution >= 4 is 16.3 Å². The number of thiazole rings is 1. The second-order valence-electron chi connectivity index (χ2n) is 3.79. The lowest BCUT2D eigenvalue weighted by molar-refractivity contribution is 0.237. The van der Waals surface area contributed by atoms with Gasteiger partial charge in [0.25, 0.3) is 0 Å². The normalized spacial score (nSPS) is 13.1. The van der Waals surface area contributed by atoms with Crippen molar-refractivity contribution in [3.05, 3.63) is 17.3 Å². The van der Waals surface area contributed by atoms with Gasteiger partial charge >= 0.3 is 0 Å². The number of methoxy groups -OCH3 is 1. The lowest BCUT2D eigenvalue weighted by Gasteiger charge is -2.13. The van der Waals surface area contributed by atoms with Crippen molar-refractivity contribution in [3.63, 3.8) is 0 Å². The highest BCUT2D eigenvalue weighted by Crippen LogP contribution is 2.22. The van der Waals surface area contributed by atoms with Crippen molar-refractivity contribution in [1.82, 2.24) is 14.7 Å². The monoisotopic (exact) mass is 255 g/mol. The smallest absolute Gasteiger partial charge is 0.237 e. The molecule has 0 fully saturated rings. The van der Waals surface area contributed by atoms with Crippen LogP contribution in [0, 0.1) is 0 Å². The third kappa shape index (κ3) is 2.43. The van der Waals surface area contributed by atoms with Crippen LogP contribution in [0.5, 0.6) is 5.88 Å². The molecule has 2 rings (SSSR count). The molecule has 6 heteroatoms. The molecule has 1 unspecified atom stereocenters. The van der Waals surface area contributed by atoms with Gasteiger partial charge in [0, 0.05) is 24.2 Å². The molecule has 0 aliphatic heterocycles. The topological polar surface area (TPSA) is 58.8 Å². The Morgan fingerprint density at radius 2 is 2.47 bits per heavy atom. The molecule has 2 aromatic heterocycles. The summed E-state index contributed by atoms with van der Waals surface area (Å²) in [4.78, 5) is 5.30. The van der Waals surface area contributed by atoms with E-state index in [2.05, 4.69) is 10.3 Å². The molecule has 0 saturated heterocycles. The zero-order valence-electron chi connectivity index (χ0n) is 10.0. The van der Waals surface area contributed by atoms with Gasteiger partial charge in [-0.05, 0) is 6.42 Å². The maximum absolute atomic E-state index is 9.14. The van der Waals surface area contributed by atoms with Crippen LogP contribution in [0.1, 0.15) is 19.0 Å². The van der Waals surface area contributed by atoms with E-state index in [0.717, 1.165) is 17.1 Å². The number of aromatic nitrogens is 2. The van der Waals surface area contributed by atoms with E-state index in [-0.39, 0.29) is 12.6 Å². The van der Waals surface area contributed by atoms with E-state index in [0.29, 0.717) is 12.4 Å². The van der Waals surface area contributed by atoms with Crippen LogP contribution in [-0.4, -0.2) is 34.2 Å². The van der Waals surface area contributed by atoms with Crippen molar-refractivity contribution in [1.29, 1.82) is 0 Å². The minimum Gasteiger partial charge on any atom is -0.480 e. The van der Waals surface area contributed by atoms with Crippen LogP contribution in [0.2, 0.25) is 0 Å². The van der Waals surface area contributed by atoms with Gasteiger partial charge in [-0.1, -0.05) is 6.92 Å². The predicted molar refractivity (Wildman–Crippen MR) is 67.6 cm³/mol. The van der Waals surface area contributed by atoms with Crippen LogP contribution < -0.4 is 10.1 Å². The van der Waals surface area contributed by atoms with Crippen molar-refractivity contribution in [2.75, 3.05) is 13.7 Å². The quantitative estimate of drug-likeness (QED) is 0.816. The van der Waals surface area contributed by atoms with Gasteiger partial charge in [-0.25, -0.2) is 0 Å². The molecule has 0 amide bonds. The summed E-state index contributed by atoms with van der Waals surface area (Å²) in [7, 11) is 1.62. The Labute approximate surface area is 104 Å². The average Bonchev–Trinajstić information content (AvgIpc) is 2.91. The maximum Gasteiger partial charge on any atom is 0.237 e. The molecule has 5 nitrogen and oxygen atoms in total. The van der Waals surface area contributed by atoms with Crippen LogP contribution in [-0.2, 0) is 6.54 Å². The summed E-state index contributed by atoms with van der Waals surface area (Å²) in [5.41, 5.74) is 0.996. The van der Waals surface area contributed by atoms with E-state index >= 15 is 0 Å². The first-order valence-electron chi connectivity index (χ1n) is 5.62. The van der Waals surface area contributed by atoms with Crippen molar-refractivity contribution in [2.24, 2.45) is 0 Å². The van der Waals surface area contributed by atoms with Crippen LogP contribution in [0.25, 0.3) is 4.96 Å². The largest absolute Gasteiger partial charge is 0.480 e. The summed E-state index contributed by atoms with van der Waals surface area (Å²) in [6.45, 7) is 2.83. The van der Waals surface area contributed by atoms with E-state index in [4.69, 9.17) is 9.84 Å². The fourth-order valence-corrected chi connectivity index (χ4v) is 2.44. The highest BCUT2D eigenvalue weighted by Gasteiger charge is 2.14. The minimum absolute atomic E-state index is 0.115. The SMILES string of the molecule is CCC(CO)NCc1c(OC)nc2sccn12. The molecule has 2 N–H and O–H groups in total. The number of rotatable bonds is 6. The van der Waals surface area contributed by atoms with E-state index in [9.17, 15) is 0 Å². The van der Waals surface area contributed by atoms with Crippen molar-refractivity contribution < 1.29 is 9.84 Å². The van der Waals surface area contributed by atoms with Crippen LogP contribution >= 0.6 is 11.3 Å². The van der Waals surface area contributed by atoms with Gasteiger partial charge in [0.2, 0.25) is 5.88 Å². The molecule has 0 saturated carbocycles. The van der Waals surface area contributed by atoms with E-state index in [1.807, 2.05) is 22.9 Å². The van der Waals surface area contributed by atoms with E-state index < -0.39 is 0 Å². The number of hydrogen-bond acceptors (Lipinski definition) is 5. The average molecular weight is 255 g/mol. The van der Waals surface area contributed by atoms with Gasteiger partial charge in [-0.15, -0.1) is 11.3 Å². The zero-order valence-corrected chi connectivity index (χ0v) is 10.8. The zero-order chi connectivity index (χ0) is 12.3. The Morgan fingerprint density at radius 3 is 3.12 bits per heavy atom. The summed E-state index contributed by atoms with van der Waals surface area (Å²) in [6.07, 6.45) is 2.87. The molecule has 0 aromatic carbocycles. The Kier molecular flexibility index (Phi) is 3.98. The predicted octanol–water partition coefficient (Wildman–Crippen LogP) is 1.26. The number of aliphatic hydroxyl groups is 1. The summed E-state index contributed by atoms with van der Waals surface area (Å²) in [5.74, 6) is 0.650. The Morgan fingerprint density at radius 1 is 1.65 bits per heavy atom. The second-order valence-corrected chi connectivity index (χ2v) is 4.67. The fraction of sp³-hybridized carbons (Fsp3) is 0.545. The minimum atomic E-state index is 0.115. The fourth-order valence-electron chi connectivity index (χ4n) is 1.72. The number of nitrogens with one attached hydrogen (secondary N) is 1. The second kappa shape index (κ2) is 5.48. The standard InChI is InChI=1S/C11H17N3O2S/c1-3-8(7-15)12-6-9-10(16-2)13-11-14(9)4-5-17-11/h4-5,8,12,15H,3,6-7H2,1-2H3. The van der Waals surface area contributed by atoms with Crippen molar-refractivity contribution in [2.45, 2.75) is 25.9 Å². The number of fused-ring (bicyclic) bond motifs is 1.